The van der Waals surface area contributed by atoms with Crippen molar-refractivity contribution in [2.24, 2.45) is 29.2 Å². The summed E-state index contributed by atoms with van der Waals surface area (Å²) in [6.07, 6.45) is -1.29. The predicted molar refractivity (Wildman–Crippen MR) is 117 cm³/mol. The molecule has 4 unspecified atom stereocenters. The Hall–Kier alpha value is -3.47. The first kappa shape index (κ1) is 24.2. The van der Waals surface area contributed by atoms with Gasteiger partial charge < -0.3 is 21.3 Å². The minimum Gasteiger partial charge on any atom is -0.450 e. The minimum atomic E-state index is -1.86. The van der Waals surface area contributed by atoms with Gasteiger partial charge >= 0.3 is 6.16 Å². The Labute approximate surface area is 191 Å². The summed E-state index contributed by atoms with van der Waals surface area (Å²) in [6, 6.07) is 5.53. The summed E-state index contributed by atoms with van der Waals surface area (Å²) in [5, 5.41) is 17.4. The lowest BCUT2D eigenvalue weighted by molar-refractivity contribution is -0.165. The lowest BCUT2D eigenvalue weighted by Gasteiger charge is -2.42. The van der Waals surface area contributed by atoms with Gasteiger partial charge in [-0.15, -0.1) is 0 Å². The Balaban J connectivity index is 2.29. The van der Waals surface area contributed by atoms with Gasteiger partial charge in [0, 0.05) is 37.2 Å². The standard InChI is InChI=1S/C22H29N5O6/c1-11(2)10-14-16-17(20(30)26(3)19(16)29)22(33-21(31)32,27(14)9-8-15(23)28)13-6-4-12(5-7-13)18(24)25/h4-7,11,14,16-17H,8-10H2,1-3H3,(H2,23,28)(H3,24,25)(H,31,32). The van der Waals surface area contributed by atoms with Crippen LogP contribution in [-0.2, 0) is 24.8 Å². The fourth-order valence-corrected chi connectivity index (χ4v) is 5.12. The van der Waals surface area contributed by atoms with Gasteiger partial charge in [-0.3, -0.25) is 29.6 Å². The largest absolute Gasteiger partial charge is 0.507 e. The van der Waals surface area contributed by atoms with Gasteiger partial charge in [0.25, 0.3) is 0 Å². The van der Waals surface area contributed by atoms with Crippen LogP contribution >= 0.6 is 0 Å². The lowest BCUT2D eigenvalue weighted by atomic mass is 9.82. The monoisotopic (exact) mass is 459 g/mol. The van der Waals surface area contributed by atoms with Crippen LogP contribution < -0.4 is 11.5 Å². The normalized spacial score (nSPS) is 27.2. The molecule has 0 aliphatic carbocycles. The maximum Gasteiger partial charge on any atom is 0.507 e. The Morgan fingerprint density at radius 3 is 2.27 bits per heavy atom. The molecule has 2 fully saturated rings. The third-order valence-electron chi connectivity index (χ3n) is 6.40. The van der Waals surface area contributed by atoms with E-state index in [4.69, 9.17) is 21.6 Å². The number of nitrogens with two attached hydrogens (primary N) is 2. The quantitative estimate of drug-likeness (QED) is 0.189. The van der Waals surface area contributed by atoms with E-state index in [1.165, 1.54) is 31.3 Å². The molecule has 11 nitrogen and oxygen atoms in total. The summed E-state index contributed by atoms with van der Waals surface area (Å²) in [5.41, 5.74) is 9.78. The van der Waals surface area contributed by atoms with E-state index in [2.05, 4.69) is 0 Å². The minimum absolute atomic E-state index is 0.00820. The number of nitrogen functional groups attached to an aromatic ring is 1. The Bertz CT molecular complexity index is 993. The van der Waals surface area contributed by atoms with Crippen molar-refractivity contribution in [2.45, 2.75) is 38.5 Å². The number of primary amides is 1. The number of fused-ring (bicyclic) bond motifs is 1. The lowest BCUT2D eigenvalue weighted by Crippen LogP contribution is -2.54. The van der Waals surface area contributed by atoms with Crippen molar-refractivity contribution in [1.29, 1.82) is 5.41 Å². The molecular formula is C22H29N5O6. The maximum absolute atomic E-state index is 13.3. The molecule has 33 heavy (non-hydrogen) atoms. The average molecular weight is 460 g/mol. The van der Waals surface area contributed by atoms with Gasteiger partial charge in [0.05, 0.1) is 5.92 Å². The van der Waals surface area contributed by atoms with E-state index in [1.807, 2.05) is 13.8 Å². The second-order valence-corrected chi connectivity index (χ2v) is 8.90. The first-order chi connectivity index (χ1) is 15.4. The van der Waals surface area contributed by atoms with E-state index in [9.17, 15) is 24.3 Å². The van der Waals surface area contributed by atoms with E-state index in [1.54, 1.807) is 4.90 Å². The molecule has 0 saturated carbocycles. The molecule has 1 aromatic carbocycles. The third kappa shape index (κ3) is 4.04. The number of carbonyl (C=O) groups excluding carboxylic acids is 3. The zero-order chi connectivity index (χ0) is 24.7. The van der Waals surface area contributed by atoms with E-state index in [0.717, 1.165) is 4.90 Å². The van der Waals surface area contributed by atoms with E-state index < -0.39 is 47.5 Å². The van der Waals surface area contributed by atoms with Crippen LogP contribution in [0.25, 0.3) is 0 Å². The molecule has 0 spiro atoms. The number of hydrogen-bond acceptors (Lipinski definition) is 7. The molecule has 3 amide bonds. The summed E-state index contributed by atoms with van der Waals surface area (Å²) in [6.45, 7) is 3.89. The van der Waals surface area contributed by atoms with E-state index in [0.29, 0.717) is 17.5 Å². The highest BCUT2D eigenvalue weighted by atomic mass is 16.7. The molecule has 2 aliphatic heterocycles. The van der Waals surface area contributed by atoms with Crippen molar-refractivity contribution in [3.05, 3.63) is 35.4 Å². The van der Waals surface area contributed by atoms with E-state index in [-0.39, 0.29) is 24.7 Å². The zero-order valence-corrected chi connectivity index (χ0v) is 18.8. The average Bonchev–Trinajstić information content (AvgIpc) is 3.11. The van der Waals surface area contributed by atoms with Gasteiger partial charge in [-0.05, 0) is 12.3 Å². The van der Waals surface area contributed by atoms with Crippen LogP contribution in [0.1, 0.15) is 37.8 Å². The molecule has 178 valence electrons. The van der Waals surface area contributed by atoms with Crippen LogP contribution in [0.3, 0.4) is 0 Å². The fraction of sp³-hybridized carbons (Fsp3) is 0.500. The third-order valence-corrected chi connectivity index (χ3v) is 6.40. The molecule has 0 bridgehead atoms. The van der Waals surface area contributed by atoms with Crippen molar-refractivity contribution in [1.82, 2.24) is 9.80 Å². The number of carbonyl (C=O) groups is 4. The molecule has 0 radical (unpaired) electrons. The summed E-state index contributed by atoms with van der Waals surface area (Å²) in [7, 11) is 1.37. The highest BCUT2D eigenvalue weighted by molar-refractivity contribution is 6.06. The Morgan fingerprint density at radius 2 is 1.79 bits per heavy atom. The molecule has 11 heteroatoms. The number of nitrogens with one attached hydrogen (secondary N) is 1. The number of benzene rings is 1. The number of amides is 3. The van der Waals surface area contributed by atoms with Crippen molar-refractivity contribution < 1.29 is 29.0 Å². The van der Waals surface area contributed by atoms with Crippen LogP contribution in [0.4, 0.5) is 4.79 Å². The van der Waals surface area contributed by atoms with Gasteiger partial charge in [-0.1, -0.05) is 38.1 Å². The van der Waals surface area contributed by atoms with E-state index >= 15 is 0 Å². The maximum atomic E-state index is 13.3. The summed E-state index contributed by atoms with van der Waals surface area (Å²) < 4.78 is 5.53. The zero-order valence-electron chi connectivity index (χ0n) is 18.8. The van der Waals surface area contributed by atoms with Gasteiger partial charge in [0.15, 0.2) is 0 Å². The molecule has 4 atom stereocenters. The first-order valence-electron chi connectivity index (χ1n) is 10.6. The highest BCUT2D eigenvalue weighted by Crippen LogP contribution is 2.55. The molecule has 0 aromatic heterocycles. The first-order valence-corrected chi connectivity index (χ1v) is 10.6. The summed E-state index contributed by atoms with van der Waals surface area (Å²) >= 11 is 0. The molecule has 2 heterocycles. The van der Waals surface area contributed by atoms with Gasteiger partial charge in [0.2, 0.25) is 23.4 Å². The molecule has 3 rings (SSSR count). The second-order valence-electron chi connectivity index (χ2n) is 8.90. The van der Waals surface area contributed by atoms with Crippen LogP contribution in [0.5, 0.6) is 0 Å². The smallest absolute Gasteiger partial charge is 0.450 e. The molecule has 6 N–H and O–H groups in total. The van der Waals surface area contributed by atoms with Crippen LogP contribution in [0.2, 0.25) is 0 Å². The topological polar surface area (TPSA) is 180 Å². The number of likely N-dealkylation sites (tertiary alicyclic amines) is 2. The van der Waals surface area contributed by atoms with Gasteiger partial charge in [0.1, 0.15) is 11.8 Å². The molecule has 2 saturated heterocycles. The number of imide groups is 1. The van der Waals surface area contributed by atoms with Crippen molar-refractivity contribution >= 4 is 29.7 Å². The SMILES string of the molecule is CC(C)CC1C2C(=O)N(C)C(=O)C2C(OC(=O)O)(c2ccc(C(=N)N)cc2)N1CCC(N)=O. The van der Waals surface area contributed by atoms with Crippen LogP contribution in [0.15, 0.2) is 24.3 Å². The highest BCUT2D eigenvalue weighted by Gasteiger charge is 2.71. The molecule has 2 aliphatic rings. The predicted octanol–water partition coefficient (Wildman–Crippen LogP) is 0.655. The van der Waals surface area contributed by atoms with Crippen LogP contribution in [-0.4, -0.2) is 64.3 Å². The summed E-state index contributed by atoms with van der Waals surface area (Å²) in [5.74, 6) is -3.68. The van der Waals surface area contributed by atoms with Crippen molar-refractivity contribution in [2.75, 3.05) is 13.6 Å². The number of nitrogens with zero attached hydrogens (tertiary/aromatic N) is 2. The number of rotatable bonds is 8. The number of ether oxygens (including phenoxy) is 1. The van der Waals surface area contributed by atoms with Gasteiger partial charge in [-0.2, -0.15) is 0 Å². The van der Waals surface area contributed by atoms with Crippen molar-refractivity contribution in [3.63, 3.8) is 0 Å². The molecular weight excluding hydrogens is 430 g/mol. The summed E-state index contributed by atoms with van der Waals surface area (Å²) in [4.78, 5) is 52.8. The van der Waals surface area contributed by atoms with Crippen molar-refractivity contribution in [3.8, 4) is 0 Å². The number of hydrogen-bond donors (Lipinski definition) is 4. The van der Waals surface area contributed by atoms with Crippen LogP contribution in [0, 0.1) is 23.2 Å². The Kier molecular flexibility index (Phi) is 6.46. The fourth-order valence-electron chi connectivity index (χ4n) is 5.12. The van der Waals surface area contributed by atoms with Gasteiger partial charge in [-0.25, -0.2) is 4.79 Å². The molecule has 1 aromatic rings. The number of amidine groups is 1. The Morgan fingerprint density at radius 1 is 1.18 bits per heavy atom. The number of carboxylic acid groups (broad SMARTS) is 1. The second kappa shape index (κ2) is 8.81.